The van der Waals surface area contributed by atoms with Gasteiger partial charge in [-0.25, -0.2) is 0 Å². The molecule has 1 atom stereocenters. The summed E-state index contributed by atoms with van der Waals surface area (Å²) in [5, 5.41) is 3.43. The van der Waals surface area contributed by atoms with Gasteiger partial charge in [-0.15, -0.1) is 0 Å². The van der Waals surface area contributed by atoms with E-state index >= 15 is 0 Å². The SMILES string of the molecule is NCCCNCC1CCSC1. The second kappa shape index (κ2) is 5.86. The summed E-state index contributed by atoms with van der Waals surface area (Å²) in [6, 6.07) is 0. The molecule has 0 bridgehead atoms. The van der Waals surface area contributed by atoms with Crippen molar-refractivity contribution in [2.24, 2.45) is 11.7 Å². The highest BCUT2D eigenvalue weighted by molar-refractivity contribution is 7.99. The van der Waals surface area contributed by atoms with Crippen LogP contribution in [0.2, 0.25) is 0 Å². The van der Waals surface area contributed by atoms with Crippen LogP contribution in [0.4, 0.5) is 0 Å². The number of thioether (sulfide) groups is 1. The Labute approximate surface area is 73.3 Å². The second-order valence-electron chi connectivity index (χ2n) is 3.08. The number of nitrogens with one attached hydrogen (secondary N) is 1. The minimum absolute atomic E-state index is 0.812. The fraction of sp³-hybridized carbons (Fsp3) is 1.00. The van der Waals surface area contributed by atoms with Crippen LogP contribution in [0.5, 0.6) is 0 Å². The molecule has 0 aromatic rings. The van der Waals surface area contributed by atoms with E-state index in [1.54, 1.807) is 0 Å². The molecule has 3 N–H and O–H groups in total. The molecule has 0 saturated carbocycles. The first-order valence-corrected chi connectivity index (χ1v) is 5.57. The molecule has 0 spiro atoms. The summed E-state index contributed by atoms with van der Waals surface area (Å²) in [6.07, 6.45) is 2.51. The number of nitrogens with two attached hydrogens (primary N) is 1. The lowest BCUT2D eigenvalue weighted by Gasteiger charge is -2.08. The van der Waals surface area contributed by atoms with E-state index in [1.165, 1.54) is 24.5 Å². The Hall–Kier alpha value is 0.270. The van der Waals surface area contributed by atoms with Crippen molar-refractivity contribution in [2.75, 3.05) is 31.1 Å². The van der Waals surface area contributed by atoms with Gasteiger partial charge in [0, 0.05) is 0 Å². The third-order valence-electron chi connectivity index (χ3n) is 2.01. The van der Waals surface area contributed by atoms with Crippen LogP contribution in [0.25, 0.3) is 0 Å². The summed E-state index contributed by atoms with van der Waals surface area (Å²) in [6.45, 7) is 3.11. The minimum atomic E-state index is 0.812. The maximum absolute atomic E-state index is 5.38. The Balaban J connectivity index is 1.86. The van der Waals surface area contributed by atoms with Gasteiger partial charge in [-0.1, -0.05) is 0 Å². The van der Waals surface area contributed by atoms with Gasteiger partial charge in [-0.3, -0.25) is 0 Å². The first kappa shape index (κ1) is 9.36. The Morgan fingerprint density at radius 1 is 1.55 bits per heavy atom. The molecule has 2 nitrogen and oxygen atoms in total. The minimum Gasteiger partial charge on any atom is -0.330 e. The Bertz CT molecular complexity index is 92.1. The monoisotopic (exact) mass is 174 g/mol. The van der Waals surface area contributed by atoms with E-state index in [-0.39, 0.29) is 0 Å². The fourth-order valence-electron chi connectivity index (χ4n) is 1.28. The summed E-state index contributed by atoms with van der Waals surface area (Å²) in [5.74, 6) is 3.65. The van der Waals surface area contributed by atoms with Gasteiger partial charge in [0.2, 0.25) is 0 Å². The summed E-state index contributed by atoms with van der Waals surface area (Å²) in [4.78, 5) is 0. The summed E-state index contributed by atoms with van der Waals surface area (Å²) in [7, 11) is 0. The number of hydrogen-bond donors (Lipinski definition) is 2. The van der Waals surface area contributed by atoms with E-state index < -0.39 is 0 Å². The zero-order valence-corrected chi connectivity index (χ0v) is 7.83. The highest BCUT2D eigenvalue weighted by Crippen LogP contribution is 2.22. The summed E-state index contributed by atoms with van der Waals surface area (Å²) in [5.41, 5.74) is 5.38. The van der Waals surface area contributed by atoms with Crippen molar-refractivity contribution in [3.8, 4) is 0 Å². The van der Waals surface area contributed by atoms with Gasteiger partial charge in [0.25, 0.3) is 0 Å². The average Bonchev–Trinajstić information content (AvgIpc) is 2.50. The molecule has 0 aromatic carbocycles. The molecular formula is C8H18N2S. The van der Waals surface area contributed by atoms with E-state index in [9.17, 15) is 0 Å². The van der Waals surface area contributed by atoms with Crippen LogP contribution in [0.15, 0.2) is 0 Å². The molecule has 0 aliphatic carbocycles. The van der Waals surface area contributed by atoms with Crippen molar-refractivity contribution < 1.29 is 0 Å². The molecule has 1 rings (SSSR count). The van der Waals surface area contributed by atoms with Gasteiger partial charge < -0.3 is 11.1 Å². The Morgan fingerprint density at radius 3 is 3.09 bits per heavy atom. The zero-order chi connectivity index (χ0) is 7.94. The Morgan fingerprint density at radius 2 is 2.45 bits per heavy atom. The highest BCUT2D eigenvalue weighted by Gasteiger charge is 2.13. The van der Waals surface area contributed by atoms with E-state index in [1.807, 2.05) is 0 Å². The van der Waals surface area contributed by atoms with Crippen molar-refractivity contribution in [3.05, 3.63) is 0 Å². The van der Waals surface area contributed by atoms with Gasteiger partial charge in [-0.05, 0) is 49.9 Å². The van der Waals surface area contributed by atoms with E-state index in [4.69, 9.17) is 5.73 Å². The van der Waals surface area contributed by atoms with Crippen LogP contribution in [0, 0.1) is 5.92 Å². The third-order valence-corrected chi connectivity index (χ3v) is 3.25. The first-order valence-electron chi connectivity index (χ1n) is 4.42. The lowest BCUT2D eigenvalue weighted by molar-refractivity contribution is 0.519. The zero-order valence-electron chi connectivity index (χ0n) is 7.01. The smallest absolute Gasteiger partial charge is 0.00123 e. The molecule has 1 heterocycles. The van der Waals surface area contributed by atoms with Gasteiger partial charge in [0.1, 0.15) is 0 Å². The largest absolute Gasteiger partial charge is 0.330 e. The van der Waals surface area contributed by atoms with Crippen LogP contribution in [0.1, 0.15) is 12.8 Å². The van der Waals surface area contributed by atoms with Crippen LogP contribution < -0.4 is 11.1 Å². The maximum atomic E-state index is 5.38. The fourth-order valence-corrected chi connectivity index (χ4v) is 2.56. The predicted octanol–water partition coefficient (Wildman–Crippen LogP) is 0.678. The van der Waals surface area contributed by atoms with Crippen molar-refractivity contribution >= 4 is 11.8 Å². The van der Waals surface area contributed by atoms with Crippen LogP contribution >= 0.6 is 11.8 Å². The maximum Gasteiger partial charge on any atom is -0.00123 e. The second-order valence-corrected chi connectivity index (χ2v) is 4.23. The first-order chi connectivity index (χ1) is 5.43. The third kappa shape index (κ3) is 3.99. The Kier molecular flexibility index (Phi) is 4.99. The standard InChI is InChI=1S/C8H18N2S/c9-3-1-4-10-6-8-2-5-11-7-8/h8,10H,1-7,9H2. The van der Waals surface area contributed by atoms with Crippen molar-refractivity contribution in [2.45, 2.75) is 12.8 Å². The lowest BCUT2D eigenvalue weighted by atomic mass is 10.1. The number of hydrogen-bond acceptors (Lipinski definition) is 3. The van der Waals surface area contributed by atoms with Gasteiger partial charge >= 0.3 is 0 Å². The average molecular weight is 174 g/mol. The number of rotatable bonds is 5. The molecule has 11 heavy (non-hydrogen) atoms. The highest BCUT2D eigenvalue weighted by atomic mass is 32.2. The molecule has 0 radical (unpaired) electrons. The molecular weight excluding hydrogens is 156 g/mol. The van der Waals surface area contributed by atoms with Crippen LogP contribution in [0.3, 0.4) is 0 Å². The van der Waals surface area contributed by atoms with Crippen molar-refractivity contribution in [1.82, 2.24) is 5.32 Å². The van der Waals surface area contributed by atoms with Crippen LogP contribution in [-0.2, 0) is 0 Å². The summed E-state index contributed by atoms with van der Waals surface area (Å²) < 4.78 is 0. The molecule has 1 unspecified atom stereocenters. The lowest BCUT2D eigenvalue weighted by Crippen LogP contribution is -2.25. The predicted molar refractivity (Wildman–Crippen MR) is 52.0 cm³/mol. The van der Waals surface area contributed by atoms with E-state index in [2.05, 4.69) is 17.1 Å². The summed E-state index contributed by atoms with van der Waals surface area (Å²) >= 11 is 2.08. The topological polar surface area (TPSA) is 38.0 Å². The van der Waals surface area contributed by atoms with Crippen molar-refractivity contribution in [1.29, 1.82) is 0 Å². The molecule has 66 valence electrons. The van der Waals surface area contributed by atoms with E-state index in [0.29, 0.717) is 0 Å². The van der Waals surface area contributed by atoms with Crippen LogP contribution in [-0.4, -0.2) is 31.1 Å². The molecule has 1 aliphatic heterocycles. The van der Waals surface area contributed by atoms with Gasteiger partial charge in [0.15, 0.2) is 0 Å². The molecule has 1 fully saturated rings. The van der Waals surface area contributed by atoms with Crippen molar-refractivity contribution in [3.63, 3.8) is 0 Å². The molecule has 1 saturated heterocycles. The van der Waals surface area contributed by atoms with Gasteiger partial charge in [-0.2, -0.15) is 11.8 Å². The normalized spacial score (nSPS) is 24.3. The quantitative estimate of drug-likeness (QED) is 0.602. The molecule has 1 aliphatic rings. The van der Waals surface area contributed by atoms with Gasteiger partial charge in [0.05, 0.1) is 0 Å². The molecule has 0 amide bonds. The molecule has 0 aromatic heterocycles. The van der Waals surface area contributed by atoms with E-state index in [0.717, 1.165) is 25.4 Å². The molecule has 3 heteroatoms.